The van der Waals surface area contributed by atoms with Gasteiger partial charge in [-0.25, -0.2) is 0 Å². The van der Waals surface area contributed by atoms with Crippen LogP contribution in [0.25, 0.3) is 5.65 Å². The molecule has 3 aromatic heterocycles. The number of nitrogens with zero attached hydrogens (tertiary/aromatic N) is 8. The monoisotopic (exact) mass is 338 g/mol. The van der Waals surface area contributed by atoms with E-state index >= 15 is 0 Å². The summed E-state index contributed by atoms with van der Waals surface area (Å²) in [5, 5.41) is 21.2. The van der Waals surface area contributed by atoms with E-state index in [1.807, 2.05) is 12.1 Å². The molecular formula is C17H22N8. The van der Waals surface area contributed by atoms with Crippen LogP contribution in [0.4, 0.5) is 11.6 Å². The Balaban J connectivity index is 1.42. The van der Waals surface area contributed by atoms with E-state index in [4.69, 9.17) is 0 Å². The molecule has 0 aromatic carbocycles. The molecule has 1 fully saturated rings. The van der Waals surface area contributed by atoms with Crippen molar-refractivity contribution in [3.63, 3.8) is 0 Å². The lowest BCUT2D eigenvalue weighted by atomic mass is 9.92. The molecule has 0 saturated carbocycles. The Morgan fingerprint density at radius 3 is 2.52 bits per heavy atom. The van der Waals surface area contributed by atoms with Crippen LogP contribution in [-0.4, -0.2) is 56.2 Å². The summed E-state index contributed by atoms with van der Waals surface area (Å²) in [6.45, 7) is 8.24. The van der Waals surface area contributed by atoms with Gasteiger partial charge < -0.3 is 9.80 Å². The van der Waals surface area contributed by atoms with E-state index in [9.17, 15) is 0 Å². The lowest BCUT2D eigenvalue weighted by molar-refractivity contribution is 0.483. The van der Waals surface area contributed by atoms with Crippen LogP contribution < -0.4 is 9.80 Å². The first-order chi connectivity index (χ1) is 11.9. The highest BCUT2D eigenvalue weighted by atomic mass is 15.4. The molecule has 0 unspecified atom stereocenters. The number of anilines is 2. The third-order valence-electron chi connectivity index (χ3n) is 4.66. The molecule has 1 aliphatic rings. The molecule has 4 rings (SSSR count). The maximum absolute atomic E-state index is 4.55. The SMILES string of the molecule is CN(c1ccc2nncn2n1)C1CN(c2ccc(C(C)(C)C)nn2)C1. The first-order valence-electron chi connectivity index (χ1n) is 8.41. The molecule has 1 aliphatic heterocycles. The molecule has 130 valence electrons. The quantitative estimate of drug-likeness (QED) is 0.717. The molecule has 4 heterocycles. The number of hydrogen-bond donors (Lipinski definition) is 0. The Labute approximate surface area is 146 Å². The summed E-state index contributed by atoms with van der Waals surface area (Å²) in [7, 11) is 2.06. The second-order valence-corrected chi connectivity index (χ2v) is 7.52. The molecule has 3 aromatic rings. The number of rotatable bonds is 3. The fourth-order valence-corrected chi connectivity index (χ4v) is 2.87. The second kappa shape index (κ2) is 5.65. The van der Waals surface area contributed by atoms with Gasteiger partial charge in [-0.2, -0.15) is 9.61 Å². The van der Waals surface area contributed by atoms with E-state index in [2.05, 4.69) is 75.2 Å². The minimum Gasteiger partial charge on any atom is -0.352 e. The molecule has 0 spiro atoms. The summed E-state index contributed by atoms with van der Waals surface area (Å²) in [4.78, 5) is 4.42. The summed E-state index contributed by atoms with van der Waals surface area (Å²) < 4.78 is 1.69. The van der Waals surface area contributed by atoms with Gasteiger partial charge in [-0.1, -0.05) is 20.8 Å². The van der Waals surface area contributed by atoms with Crippen molar-refractivity contribution in [2.24, 2.45) is 0 Å². The van der Waals surface area contributed by atoms with Gasteiger partial charge in [0.05, 0.1) is 11.7 Å². The predicted octanol–water partition coefficient (Wildman–Crippen LogP) is 1.54. The summed E-state index contributed by atoms with van der Waals surface area (Å²) in [5.74, 6) is 1.84. The number of aromatic nitrogens is 6. The van der Waals surface area contributed by atoms with Crippen LogP contribution in [0.15, 0.2) is 30.6 Å². The second-order valence-electron chi connectivity index (χ2n) is 7.52. The number of likely N-dealkylation sites (N-methyl/N-ethyl adjacent to an activating group) is 1. The van der Waals surface area contributed by atoms with Crippen LogP contribution in [0.1, 0.15) is 26.5 Å². The molecule has 0 bridgehead atoms. The van der Waals surface area contributed by atoms with Crippen LogP contribution >= 0.6 is 0 Å². The van der Waals surface area contributed by atoms with Crippen molar-refractivity contribution in [3.05, 3.63) is 36.3 Å². The Morgan fingerprint density at radius 2 is 1.84 bits per heavy atom. The van der Waals surface area contributed by atoms with E-state index in [0.29, 0.717) is 6.04 Å². The molecule has 0 N–H and O–H groups in total. The third-order valence-corrected chi connectivity index (χ3v) is 4.66. The predicted molar refractivity (Wildman–Crippen MR) is 95.9 cm³/mol. The highest BCUT2D eigenvalue weighted by Gasteiger charge is 2.32. The van der Waals surface area contributed by atoms with E-state index in [-0.39, 0.29) is 5.41 Å². The normalized spacial score (nSPS) is 15.4. The molecule has 8 nitrogen and oxygen atoms in total. The molecular weight excluding hydrogens is 316 g/mol. The Kier molecular flexibility index (Phi) is 3.55. The fourth-order valence-electron chi connectivity index (χ4n) is 2.87. The summed E-state index contributed by atoms with van der Waals surface area (Å²) in [6.07, 6.45) is 1.62. The van der Waals surface area contributed by atoms with Crippen LogP contribution in [0.2, 0.25) is 0 Å². The van der Waals surface area contributed by atoms with Crippen LogP contribution in [0, 0.1) is 0 Å². The molecule has 25 heavy (non-hydrogen) atoms. The van der Waals surface area contributed by atoms with Gasteiger partial charge in [-0.3, -0.25) is 0 Å². The third kappa shape index (κ3) is 2.88. The van der Waals surface area contributed by atoms with Crippen LogP contribution in [0.3, 0.4) is 0 Å². The summed E-state index contributed by atoms with van der Waals surface area (Å²) in [6, 6.07) is 8.43. The number of hydrogen-bond acceptors (Lipinski definition) is 7. The van der Waals surface area contributed by atoms with Crippen molar-refractivity contribution >= 4 is 17.3 Å². The van der Waals surface area contributed by atoms with Gasteiger partial charge in [0.25, 0.3) is 0 Å². The highest BCUT2D eigenvalue weighted by molar-refractivity contribution is 5.49. The first kappa shape index (κ1) is 15.7. The summed E-state index contributed by atoms with van der Waals surface area (Å²) in [5.41, 5.74) is 1.79. The maximum Gasteiger partial charge on any atom is 0.177 e. The van der Waals surface area contributed by atoms with E-state index in [1.54, 1.807) is 10.8 Å². The smallest absolute Gasteiger partial charge is 0.177 e. The zero-order chi connectivity index (χ0) is 17.6. The van der Waals surface area contributed by atoms with E-state index in [0.717, 1.165) is 36.1 Å². The molecule has 0 atom stereocenters. The minimum atomic E-state index is 0.0235. The zero-order valence-corrected chi connectivity index (χ0v) is 15.0. The largest absolute Gasteiger partial charge is 0.352 e. The van der Waals surface area contributed by atoms with Crippen LogP contribution in [-0.2, 0) is 5.41 Å². The molecule has 8 heteroatoms. The minimum absolute atomic E-state index is 0.0235. The van der Waals surface area contributed by atoms with Crippen molar-refractivity contribution in [3.8, 4) is 0 Å². The lowest BCUT2D eigenvalue weighted by Crippen LogP contribution is -2.59. The molecule has 0 radical (unpaired) electrons. The standard InChI is InChI=1S/C17H22N8/c1-17(2,3)13-5-6-14(21-19-13)24-9-12(10-24)23(4)16-8-7-15-20-18-11-25(15)22-16/h5-8,11-12H,9-10H2,1-4H3. The summed E-state index contributed by atoms with van der Waals surface area (Å²) >= 11 is 0. The average Bonchev–Trinajstić information content (AvgIpc) is 3.00. The zero-order valence-electron chi connectivity index (χ0n) is 15.0. The van der Waals surface area contributed by atoms with Gasteiger partial charge in [-0.05, 0) is 24.3 Å². The number of fused-ring (bicyclic) bond motifs is 1. The Morgan fingerprint density at radius 1 is 1.04 bits per heavy atom. The molecule has 1 saturated heterocycles. The highest BCUT2D eigenvalue weighted by Crippen LogP contribution is 2.25. The van der Waals surface area contributed by atoms with Gasteiger partial charge in [-0.15, -0.1) is 20.4 Å². The fraction of sp³-hybridized carbons (Fsp3) is 0.471. The van der Waals surface area contributed by atoms with Gasteiger partial charge in [0, 0.05) is 25.6 Å². The van der Waals surface area contributed by atoms with Crippen molar-refractivity contribution in [2.75, 3.05) is 29.9 Å². The average molecular weight is 338 g/mol. The first-order valence-corrected chi connectivity index (χ1v) is 8.41. The molecule has 0 amide bonds. The Hall–Kier alpha value is -2.77. The van der Waals surface area contributed by atoms with Crippen molar-refractivity contribution < 1.29 is 0 Å². The van der Waals surface area contributed by atoms with E-state index in [1.165, 1.54) is 0 Å². The topological polar surface area (TPSA) is 75.3 Å². The van der Waals surface area contributed by atoms with Crippen molar-refractivity contribution in [1.82, 2.24) is 30.0 Å². The van der Waals surface area contributed by atoms with Crippen LogP contribution in [0.5, 0.6) is 0 Å². The van der Waals surface area contributed by atoms with Gasteiger partial charge >= 0.3 is 0 Å². The van der Waals surface area contributed by atoms with Gasteiger partial charge in [0.1, 0.15) is 12.1 Å². The van der Waals surface area contributed by atoms with Crippen molar-refractivity contribution in [1.29, 1.82) is 0 Å². The Bertz CT molecular complexity index is 874. The lowest BCUT2D eigenvalue weighted by Gasteiger charge is -2.44. The van der Waals surface area contributed by atoms with E-state index < -0.39 is 0 Å². The van der Waals surface area contributed by atoms with Crippen molar-refractivity contribution in [2.45, 2.75) is 32.2 Å². The maximum atomic E-state index is 4.55. The molecule has 0 aliphatic carbocycles. The van der Waals surface area contributed by atoms with Gasteiger partial charge in [0.15, 0.2) is 11.5 Å². The van der Waals surface area contributed by atoms with Gasteiger partial charge in [0.2, 0.25) is 0 Å².